The fraction of sp³-hybridized carbons (Fsp3) is 0.346. The normalized spacial score (nSPS) is 26.3. The Morgan fingerprint density at radius 2 is 2.03 bits per heavy atom. The van der Waals surface area contributed by atoms with Gasteiger partial charge in [0.05, 0.1) is 35.9 Å². The highest BCUT2D eigenvalue weighted by molar-refractivity contribution is 6.12. The van der Waals surface area contributed by atoms with E-state index in [9.17, 15) is 15.0 Å². The number of hydrogen-bond donors (Lipinski definition) is 5. The van der Waals surface area contributed by atoms with Crippen LogP contribution in [-0.2, 0) is 9.53 Å². The standard InChI is InChI=1S/C26H31N5O4/c1-2-18(16-8-4-3-5-9-16)30-23(24(27)28)25(33)31-19-15-29-13-11-17(19)20-14-21(32)26(34)12-7-6-10-22(26)35-20/h2-5,8-9,11,13,15,20-22,32,34H,1,6-7,10,12,14,27-28H2,(H,31,33)/t20-,21-,22?,26+/m0/s1. The molecule has 2 aromatic rings. The van der Waals surface area contributed by atoms with E-state index in [1.165, 1.54) is 12.3 Å². The first-order chi connectivity index (χ1) is 16.8. The maximum atomic E-state index is 13.2. The van der Waals surface area contributed by atoms with E-state index in [0.29, 0.717) is 29.8 Å². The Labute approximate surface area is 204 Å². The van der Waals surface area contributed by atoms with Gasteiger partial charge in [-0.1, -0.05) is 49.8 Å². The van der Waals surface area contributed by atoms with Gasteiger partial charge in [0, 0.05) is 23.7 Å². The number of nitrogens with one attached hydrogen (secondary N) is 1. The molecule has 2 fully saturated rings. The fourth-order valence-corrected chi connectivity index (χ4v) is 4.75. The smallest absolute Gasteiger partial charge is 0.278 e. The molecular formula is C26H31N5O4. The molecule has 0 radical (unpaired) electrons. The molecule has 184 valence electrons. The number of amides is 1. The van der Waals surface area contributed by atoms with Crippen molar-refractivity contribution < 1.29 is 19.7 Å². The highest BCUT2D eigenvalue weighted by Crippen LogP contribution is 2.45. The van der Waals surface area contributed by atoms with Gasteiger partial charge in [-0.2, -0.15) is 0 Å². The second-order valence-electron chi connectivity index (χ2n) is 8.89. The first kappa shape index (κ1) is 24.6. The van der Waals surface area contributed by atoms with Gasteiger partial charge in [-0.15, -0.1) is 0 Å². The Morgan fingerprint density at radius 1 is 1.26 bits per heavy atom. The Bertz CT molecular complexity index is 1150. The number of carbonyl (C=O) groups excluding carboxylic acids is 1. The quantitative estimate of drug-likeness (QED) is 0.316. The molecule has 35 heavy (non-hydrogen) atoms. The summed E-state index contributed by atoms with van der Waals surface area (Å²) in [6.07, 6.45) is 5.74. The Hall–Kier alpha value is -3.53. The topological polar surface area (TPSA) is 156 Å². The Morgan fingerprint density at radius 3 is 2.74 bits per heavy atom. The number of fused-ring (bicyclic) bond motifs is 1. The second-order valence-corrected chi connectivity index (χ2v) is 8.89. The van der Waals surface area contributed by atoms with Crippen LogP contribution in [0.4, 0.5) is 5.69 Å². The van der Waals surface area contributed by atoms with E-state index in [1.807, 2.05) is 30.3 Å². The zero-order chi connectivity index (χ0) is 25.0. The van der Waals surface area contributed by atoms with Crippen LogP contribution in [-0.4, -0.2) is 44.6 Å². The monoisotopic (exact) mass is 477 g/mol. The highest BCUT2D eigenvalue weighted by Gasteiger charge is 2.51. The van der Waals surface area contributed by atoms with Crippen LogP contribution in [0.2, 0.25) is 0 Å². The molecule has 0 spiro atoms. The van der Waals surface area contributed by atoms with Gasteiger partial charge in [0.1, 0.15) is 11.4 Å². The van der Waals surface area contributed by atoms with Crippen LogP contribution in [0.1, 0.15) is 49.3 Å². The van der Waals surface area contributed by atoms with Crippen LogP contribution >= 0.6 is 0 Å². The molecule has 2 aliphatic rings. The van der Waals surface area contributed by atoms with Crippen molar-refractivity contribution in [1.29, 1.82) is 0 Å². The Balaban J connectivity index is 1.59. The molecule has 4 rings (SSSR count). The maximum absolute atomic E-state index is 13.2. The van der Waals surface area contributed by atoms with Crippen molar-refractivity contribution in [2.75, 3.05) is 5.32 Å². The van der Waals surface area contributed by atoms with Gasteiger partial charge in [0.15, 0.2) is 5.70 Å². The average molecular weight is 478 g/mol. The van der Waals surface area contributed by atoms with E-state index in [1.54, 1.807) is 12.3 Å². The van der Waals surface area contributed by atoms with Crippen molar-refractivity contribution in [3.05, 3.63) is 84.1 Å². The number of aliphatic hydroxyl groups is 2. The number of carbonyl (C=O) groups is 1. The van der Waals surface area contributed by atoms with Gasteiger partial charge in [-0.05, 0) is 25.0 Å². The average Bonchev–Trinajstić information content (AvgIpc) is 2.85. The van der Waals surface area contributed by atoms with Crippen molar-refractivity contribution in [2.45, 2.75) is 56.0 Å². The predicted molar refractivity (Wildman–Crippen MR) is 133 cm³/mol. The first-order valence-corrected chi connectivity index (χ1v) is 11.7. The number of nitrogens with zero attached hydrogens (tertiary/aromatic N) is 2. The van der Waals surface area contributed by atoms with Crippen LogP contribution in [0.15, 0.2) is 78.0 Å². The summed E-state index contributed by atoms with van der Waals surface area (Å²) in [6.45, 7) is 3.78. The van der Waals surface area contributed by atoms with Gasteiger partial charge in [0.25, 0.3) is 5.91 Å². The highest BCUT2D eigenvalue weighted by atomic mass is 16.5. The lowest BCUT2D eigenvalue weighted by molar-refractivity contribution is -0.242. The fourth-order valence-electron chi connectivity index (χ4n) is 4.75. The van der Waals surface area contributed by atoms with Crippen LogP contribution in [0.25, 0.3) is 0 Å². The van der Waals surface area contributed by atoms with Crippen LogP contribution < -0.4 is 16.8 Å². The minimum absolute atomic E-state index is 0.162. The van der Waals surface area contributed by atoms with Crippen molar-refractivity contribution in [2.24, 2.45) is 16.5 Å². The van der Waals surface area contributed by atoms with Gasteiger partial charge >= 0.3 is 0 Å². The molecule has 4 atom stereocenters. The summed E-state index contributed by atoms with van der Waals surface area (Å²) in [4.78, 5) is 21.7. The number of hydrogen-bond acceptors (Lipinski definition) is 8. The number of rotatable bonds is 6. The molecule has 7 N–H and O–H groups in total. The van der Waals surface area contributed by atoms with Gasteiger partial charge in [0.2, 0.25) is 0 Å². The van der Waals surface area contributed by atoms with Gasteiger partial charge < -0.3 is 31.7 Å². The number of aliphatic hydroxyl groups excluding tert-OH is 1. The number of pyridine rings is 1. The first-order valence-electron chi connectivity index (χ1n) is 11.7. The summed E-state index contributed by atoms with van der Waals surface area (Å²) >= 11 is 0. The van der Waals surface area contributed by atoms with Crippen molar-refractivity contribution in [3.8, 4) is 0 Å². The van der Waals surface area contributed by atoms with Crippen LogP contribution in [0.5, 0.6) is 0 Å². The van der Waals surface area contributed by atoms with E-state index in [2.05, 4.69) is 21.9 Å². The third-order valence-corrected chi connectivity index (χ3v) is 6.63. The molecule has 1 aliphatic carbocycles. The van der Waals surface area contributed by atoms with Crippen molar-refractivity contribution >= 4 is 17.3 Å². The lowest BCUT2D eigenvalue weighted by atomic mass is 9.74. The summed E-state index contributed by atoms with van der Waals surface area (Å²) < 4.78 is 6.23. The SMILES string of the molecule is C=CC(=NC(C(=O)Nc1cnccc1[C@@H]1C[C@H](O)[C@]2(O)CCCCC2O1)=C(N)N)c1ccccc1. The van der Waals surface area contributed by atoms with E-state index < -0.39 is 29.8 Å². The van der Waals surface area contributed by atoms with Crippen molar-refractivity contribution in [3.63, 3.8) is 0 Å². The van der Waals surface area contributed by atoms with Gasteiger partial charge in [-0.25, -0.2) is 4.99 Å². The number of anilines is 1. The molecule has 9 nitrogen and oxygen atoms in total. The number of aliphatic imine (C=N–C) groups is 1. The third kappa shape index (κ3) is 5.12. The molecule has 1 aromatic heterocycles. The molecular weight excluding hydrogens is 446 g/mol. The zero-order valence-corrected chi connectivity index (χ0v) is 19.4. The van der Waals surface area contributed by atoms with E-state index >= 15 is 0 Å². The molecule has 1 aliphatic heterocycles. The van der Waals surface area contributed by atoms with E-state index in [-0.39, 0.29) is 17.9 Å². The molecule has 1 saturated carbocycles. The number of nitrogens with two attached hydrogens (primary N) is 2. The van der Waals surface area contributed by atoms with Crippen molar-refractivity contribution in [1.82, 2.24) is 4.98 Å². The largest absolute Gasteiger partial charge is 0.390 e. The zero-order valence-electron chi connectivity index (χ0n) is 19.4. The lowest BCUT2D eigenvalue weighted by Gasteiger charge is -2.49. The molecule has 1 saturated heterocycles. The number of benzene rings is 1. The summed E-state index contributed by atoms with van der Waals surface area (Å²) in [5, 5.41) is 24.5. The lowest BCUT2D eigenvalue weighted by Crippen LogP contribution is -2.58. The van der Waals surface area contributed by atoms with Crippen LogP contribution in [0.3, 0.4) is 0 Å². The minimum atomic E-state index is -1.25. The summed E-state index contributed by atoms with van der Waals surface area (Å²) in [5.74, 6) is -0.875. The molecule has 0 bridgehead atoms. The molecule has 1 amide bonds. The maximum Gasteiger partial charge on any atom is 0.278 e. The summed E-state index contributed by atoms with van der Waals surface area (Å²) in [6, 6.07) is 10.9. The number of allylic oxidation sites excluding steroid dienone is 1. The molecule has 1 unspecified atom stereocenters. The second kappa shape index (κ2) is 10.4. The summed E-state index contributed by atoms with van der Waals surface area (Å²) in [7, 11) is 0. The molecule has 2 heterocycles. The van der Waals surface area contributed by atoms with Gasteiger partial charge in [-0.3, -0.25) is 9.78 Å². The molecule has 9 heteroatoms. The van der Waals surface area contributed by atoms with E-state index in [0.717, 1.165) is 18.4 Å². The predicted octanol–water partition coefficient (Wildman–Crippen LogP) is 2.28. The molecule has 1 aromatic carbocycles. The Kier molecular flexibility index (Phi) is 7.30. The van der Waals surface area contributed by atoms with E-state index in [4.69, 9.17) is 16.2 Å². The number of aromatic nitrogens is 1. The third-order valence-electron chi connectivity index (χ3n) is 6.63. The summed E-state index contributed by atoms with van der Waals surface area (Å²) in [5.41, 5.74) is 12.4. The minimum Gasteiger partial charge on any atom is -0.390 e. The number of ether oxygens (including phenoxy) is 1. The van der Waals surface area contributed by atoms with Crippen LogP contribution in [0, 0.1) is 0 Å².